The molecule has 1 unspecified atom stereocenters. The van der Waals surface area contributed by atoms with Crippen molar-refractivity contribution in [3.63, 3.8) is 0 Å². The number of aromatic nitrogens is 1. The van der Waals surface area contributed by atoms with Gasteiger partial charge in [0.05, 0.1) is 28.3 Å². The Kier molecular flexibility index (Phi) is 11.0. The Morgan fingerprint density at radius 1 is 0.677 bits per heavy atom. The number of hydrogen-bond acceptors (Lipinski definition) is 3. The lowest BCUT2D eigenvalue weighted by Crippen LogP contribution is -2.22. The number of benzene rings is 8. The van der Waals surface area contributed by atoms with Crippen molar-refractivity contribution in [3.8, 4) is 16.8 Å². The molecule has 0 aliphatic heterocycles. The standard InChI is InChI=1S/C59H48N4O2/c1-6-7-18-39(3)64-40(4)30-29-38(2)61-59(62-58(60-5)46-25-17-24-43(35-46)41-19-9-8-10-20-41)56-52(34-32-49-48-27-15-16-28-54(48)65-57(49)56)63-51-33-31-42-21-13-14-26-47(42)55(51)50-36-44-22-11-12-23-45(44)37-53(50)63/h7-38H,3-4,6H2,1-2,5H3,(H,60,61,62)/b18-7-,30-29-. The molecule has 316 valence electrons. The molecular weight excluding hydrogens is 797 g/mol. The minimum absolute atomic E-state index is 0.374. The molecule has 10 aromatic rings. The third-order valence-electron chi connectivity index (χ3n) is 11.9. The second kappa shape index (κ2) is 17.5. The largest absolute Gasteiger partial charge is 0.459 e. The van der Waals surface area contributed by atoms with E-state index in [0.29, 0.717) is 28.8 Å². The summed E-state index contributed by atoms with van der Waals surface area (Å²) in [6.45, 7) is 12.3. The van der Waals surface area contributed by atoms with Gasteiger partial charge in [-0.2, -0.15) is 0 Å². The molecule has 10 rings (SSSR count). The van der Waals surface area contributed by atoms with Crippen molar-refractivity contribution in [2.24, 2.45) is 9.98 Å². The molecule has 0 saturated heterocycles. The van der Waals surface area contributed by atoms with E-state index in [-0.39, 0.29) is 6.04 Å². The number of hydrogen-bond donors (Lipinski definition) is 1. The van der Waals surface area contributed by atoms with Gasteiger partial charge in [-0.3, -0.25) is 4.99 Å². The zero-order valence-corrected chi connectivity index (χ0v) is 36.8. The first-order chi connectivity index (χ1) is 31.9. The third kappa shape index (κ3) is 7.80. The van der Waals surface area contributed by atoms with Crippen molar-refractivity contribution in [3.05, 3.63) is 224 Å². The van der Waals surface area contributed by atoms with E-state index in [0.717, 1.165) is 72.5 Å². The van der Waals surface area contributed by atoms with E-state index in [9.17, 15) is 0 Å². The van der Waals surface area contributed by atoms with Crippen LogP contribution in [0.15, 0.2) is 227 Å². The first-order valence-corrected chi connectivity index (χ1v) is 22.1. The van der Waals surface area contributed by atoms with Gasteiger partial charge in [0.15, 0.2) is 5.84 Å². The monoisotopic (exact) mass is 844 g/mol. The van der Waals surface area contributed by atoms with Crippen LogP contribution in [0, 0.1) is 0 Å². The van der Waals surface area contributed by atoms with Crippen molar-refractivity contribution in [2.75, 3.05) is 7.05 Å². The van der Waals surface area contributed by atoms with Crippen molar-refractivity contribution < 1.29 is 9.15 Å². The fourth-order valence-corrected chi connectivity index (χ4v) is 8.88. The summed E-state index contributed by atoms with van der Waals surface area (Å²) in [6, 6.07) is 57.3. The number of aliphatic imine (C=N–C) groups is 2. The van der Waals surface area contributed by atoms with Gasteiger partial charge in [0.1, 0.15) is 28.5 Å². The number of nitrogens with zero attached hydrogens (tertiary/aromatic N) is 3. The topological polar surface area (TPSA) is 64.1 Å². The highest BCUT2D eigenvalue weighted by molar-refractivity contribution is 6.25. The molecule has 1 N–H and O–H groups in total. The molecule has 65 heavy (non-hydrogen) atoms. The molecule has 0 aliphatic rings. The Hall–Kier alpha value is -8.22. The number of furan rings is 1. The highest BCUT2D eigenvalue weighted by Gasteiger charge is 2.25. The van der Waals surface area contributed by atoms with Gasteiger partial charge >= 0.3 is 0 Å². The maximum atomic E-state index is 6.97. The molecule has 2 heterocycles. The van der Waals surface area contributed by atoms with Gasteiger partial charge in [0, 0.05) is 34.2 Å². The average molecular weight is 845 g/mol. The van der Waals surface area contributed by atoms with Crippen molar-refractivity contribution in [2.45, 2.75) is 26.3 Å². The molecule has 0 radical (unpaired) electrons. The Bertz CT molecular complexity index is 3600. The minimum Gasteiger partial charge on any atom is -0.459 e. The number of amidine groups is 2. The van der Waals surface area contributed by atoms with Crippen LogP contribution in [-0.2, 0) is 4.74 Å². The quantitative estimate of drug-likeness (QED) is 0.0610. The average Bonchev–Trinajstić information content (AvgIpc) is 3.88. The number of nitrogens with one attached hydrogen (secondary N) is 1. The highest BCUT2D eigenvalue weighted by atomic mass is 16.5. The third-order valence-corrected chi connectivity index (χ3v) is 11.9. The number of para-hydroxylation sites is 1. The summed E-state index contributed by atoms with van der Waals surface area (Å²) in [4.78, 5) is 11.0. The van der Waals surface area contributed by atoms with E-state index in [1.807, 2.05) is 56.5 Å². The van der Waals surface area contributed by atoms with Crippen LogP contribution in [0.25, 0.3) is 82.1 Å². The predicted octanol–water partition coefficient (Wildman–Crippen LogP) is 15.0. The Morgan fingerprint density at radius 2 is 1.38 bits per heavy atom. The van der Waals surface area contributed by atoms with E-state index in [2.05, 4.69) is 176 Å². The molecule has 1 atom stereocenters. The molecule has 0 bridgehead atoms. The Morgan fingerprint density at radius 3 is 2.18 bits per heavy atom. The van der Waals surface area contributed by atoms with Crippen LogP contribution in [0.5, 0.6) is 0 Å². The van der Waals surface area contributed by atoms with Crippen molar-refractivity contribution >= 4 is 77.0 Å². The summed E-state index contributed by atoms with van der Waals surface area (Å²) < 4.78 is 15.3. The molecular formula is C59H48N4O2. The van der Waals surface area contributed by atoms with E-state index < -0.39 is 0 Å². The molecule has 0 amide bonds. The van der Waals surface area contributed by atoms with Crippen molar-refractivity contribution in [1.29, 1.82) is 0 Å². The van der Waals surface area contributed by atoms with E-state index in [1.54, 1.807) is 0 Å². The smallest absolute Gasteiger partial charge is 0.163 e. The van der Waals surface area contributed by atoms with Crippen LogP contribution in [0.1, 0.15) is 31.4 Å². The molecule has 8 aromatic carbocycles. The summed E-state index contributed by atoms with van der Waals surface area (Å²) in [7, 11) is 1.90. The number of rotatable bonds is 11. The zero-order valence-electron chi connectivity index (χ0n) is 36.8. The molecule has 2 aromatic heterocycles. The first kappa shape index (κ1) is 40.8. The van der Waals surface area contributed by atoms with Gasteiger partial charge in [-0.1, -0.05) is 154 Å². The minimum atomic E-state index is -0.374. The van der Waals surface area contributed by atoms with Crippen LogP contribution < -0.4 is 5.32 Å². The summed E-state index contributed by atoms with van der Waals surface area (Å²) in [6.07, 6.45) is 8.56. The summed E-state index contributed by atoms with van der Waals surface area (Å²) >= 11 is 0. The fraction of sp³-hybridized carbons (Fsp3) is 0.0847. The van der Waals surface area contributed by atoms with Crippen LogP contribution in [0.2, 0.25) is 0 Å². The summed E-state index contributed by atoms with van der Waals surface area (Å²) in [5, 5.41) is 12.5. The van der Waals surface area contributed by atoms with Gasteiger partial charge < -0.3 is 19.0 Å². The molecule has 0 saturated carbocycles. The number of allylic oxidation sites excluding steroid dienone is 3. The first-order valence-electron chi connectivity index (χ1n) is 22.1. The van der Waals surface area contributed by atoms with E-state index in [4.69, 9.17) is 19.1 Å². The van der Waals surface area contributed by atoms with Crippen LogP contribution in [0.4, 0.5) is 0 Å². The molecule has 0 fully saturated rings. The van der Waals surface area contributed by atoms with Gasteiger partial charge in [-0.15, -0.1) is 0 Å². The predicted molar refractivity (Wildman–Crippen MR) is 274 cm³/mol. The second-order valence-corrected chi connectivity index (χ2v) is 16.2. The van der Waals surface area contributed by atoms with Crippen molar-refractivity contribution in [1.82, 2.24) is 9.88 Å². The zero-order chi connectivity index (χ0) is 44.4. The summed E-state index contributed by atoms with van der Waals surface area (Å²) in [5.74, 6) is 2.13. The Balaban J connectivity index is 1.27. The molecule has 0 spiro atoms. The van der Waals surface area contributed by atoms with Gasteiger partial charge in [-0.05, 0) is 101 Å². The molecule has 0 aliphatic carbocycles. The molecule has 6 nitrogen and oxygen atoms in total. The van der Waals surface area contributed by atoms with Crippen LogP contribution in [-0.4, -0.2) is 29.3 Å². The highest BCUT2D eigenvalue weighted by Crippen LogP contribution is 2.42. The van der Waals surface area contributed by atoms with E-state index in [1.165, 1.54) is 21.5 Å². The molecule has 6 heteroatoms. The second-order valence-electron chi connectivity index (χ2n) is 16.2. The van der Waals surface area contributed by atoms with Gasteiger partial charge in [-0.25, -0.2) is 4.99 Å². The lowest BCUT2D eigenvalue weighted by atomic mass is 10.0. The van der Waals surface area contributed by atoms with Crippen LogP contribution >= 0.6 is 0 Å². The van der Waals surface area contributed by atoms with Crippen LogP contribution in [0.3, 0.4) is 0 Å². The Labute approximate surface area is 378 Å². The number of fused-ring (bicyclic) bond motifs is 9. The van der Waals surface area contributed by atoms with Gasteiger partial charge in [0.2, 0.25) is 0 Å². The van der Waals surface area contributed by atoms with Gasteiger partial charge in [0.25, 0.3) is 0 Å². The van der Waals surface area contributed by atoms with E-state index >= 15 is 0 Å². The maximum Gasteiger partial charge on any atom is 0.163 e. The number of ether oxygens (including phenoxy) is 1. The lowest BCUT2D eigenvalue weighted by molar-refractivity contribution is 0.340. The summed E-state index contributed by atoms with van der Waals surface area (Å²) in [5.41, 5.74) is 8.38. The lowest BCUT2D eigenvalue weighted by Gasteiger charge is -2.17. The normalized spacial score (nSPS) is 13.0. The SMILES string of the molecule is C=C(/C=C\CC)OC(=C)/C=C\C(C)/N=C(\N=C(/NC)c1cccc(-c2ccccc2)c1)c1c(-n2c3cc4ccccc4cc3c3c4ccccc4ccc32)ccc2c1oc1ccccc12. The fourth-order valence-electron chi connectivity index (χ4n) is 8.88. The maximum absolute atomic E-state index is 6.97.